The number of amides is 2. The van der Waals surface area contributed by atoms with Gasteiger partial charge in [0.15, 0.2) is 6.61 Å². The fraction of sp³-hybridized carbons (Fsp3) is 0.286. The molecule has 2 aromatic carbocycles. The molecule has 1 fully saturated rings. The van der Waals surface area contributed by atoms with E-state index in [1.165, 1.54) is 6.07 Å². The fourth-order valence-electron chi connectivity index (χ4n) is 3.11. The molecule has 0 aromatic heterocycles. The lowest BCUT2D eigenvalue weighted by molar-refractivity contribution is -0.139. The Morgan fingerprint density at radius 2 is 1.89 bits per heavy atom. The average Bonchev–Trinajstić information content (AvgIpc) is 3.10. The van der Waals surface area contributed by atoms with E-state index in [0.717, 1.165) is 24.1 Å². The maximum Gasteiger partial charge on any atom is 0.341 e. The number of hydrogen-bond donors (Lipinski definition) is 2. The molecule has 1 saturated heterocycles. The fourth-order valence-corrected chi connectivity index (χ4v) is 3.11. The minimum absolute atomic E-state index is 0.164. The van der Waals surface area contributed by atoms with Crippen molar-refractivity contribution in [3.05, 3.63) is 65.2 Å². The summed E-state index contributed by atoms with van der Waals surface area (Å²) >= 11 is 0. The number of benzene rings is 2. The summed E-state index contributed by atoms with van der Waals surface area (Å²) in [4.78, 5) is 36.8. The molecule has 28 heavy (non-hydrogen) atoms. The van der Waals surface area contributed by atoms with Crippen molar-refractivity contribution in [2.75, 3.05) is 13.2 Å². The molecule has 2 N–H and O–H groups in total. The molecule has 2 aromatic rings. The Hall–Kier alpha value is -3.35. The molecule has 1 aliphatic rings. The van der Waals surface area contributed by atoms with E-state index in [9.17, 15) is 14.4 Å². The normalized spacial score (nSPS) is 13.4. The third-order valence-corrected chi connectivity index (χ3v) is 4.55. The molecule has 1 heterocycles. The van der Waals surface area contributed by atoms with Crippen LogP contribution in [0.1, 0.15) is 34.3 Å². The maximum absolute atomic E-state index is 12.5. The summed E-state index contributed by atoms with van der Waals surface area (Å²) in [6.45, 7) is 1.18. The van der Waals surface area contributed by atoms with Gasteiger partial charge in [0.1, 0.15) is 5.75 Å². The van der Waals surface area contributed by atoms with Gasteiger partial charge in [-0.15, -0.1) is 0 Å². The SMILES string of the molecule is O=C(O)COc1cccc(C(=O)NCc2ccccc2CN2CCCC2=O)c1. The first kappa shape index (κ1) is 19.4. The van der Waals surface area contributed by atoms with E-state index >= 15 is 0 Å². The monoisotopic (exact) mass is 382 g/mol. The van der Waals surface area contributed by atoms with Crippen molar-refractivity contribution in [2.24, 2.45) is 0 Å². The van der Waals surface area contributed by atoms with Gasteiger partial charge in [0, 0.05) is 31.6 Å². The van der Waals surface area contributed by atoms with E-state index in [2.05, 4.69) is 5.32 Å². The van der Waals surface area contributed by atoms with Crippen LogP contribution >= 0.6 is 0 Å². The van der Waals surface area contributed by atoms with Crippen LogP contribution in [0.2, 0.25) is 0 Å². The van der Waals surface area contributed by atoms with Gasteiger partial charge in [0.25, 0.3) is 5.91 Å². The minimum atomic E-state index is -1.08. The summed E-state index contributed by atoms with van der Waals surface area (Å²) in [6.07, 6.45) is 1.48. The molecule has 2 amide bonds. The van der Waals surface area contributed by atoms with E-state index in [1.807, 2.05) is 29.2 Å². The van der Waals surface area contributed by atoms with Crippen LogP contribution in [-0.2, 0) is 22.7 Å². The van der Waals surface area contributed by atoms with Crippen LogP contribution in [0.25, 0.3) is 0 Å². The number of likely N-dealkylation sites (tertiary alicyclic amines) is 1. The van der Waals surface area contributed by atoms with Gasteiger partial charge in [0.05, 0.1) is 0 Å². The molecule has 0 atom stereocenters. The highest BCUT2D eigenvalue weighted by atomic mass is 16.5. The number of carbonyl (C=O) groups is 3. The van der Waals surface area contributed by atoms with Crippen LogP contribution < -0.4 is 10.1 Å². The Bertz CT molecular complexity index is 881. The molecular weight excluding hydrogens is 360 g/mol. The van der Waals surface area contributed by atoms with Gasteiger partial charge in [-0.25, -0.2) is 4.79 Å². The van der Waals surface area contributed by atoms with E-state index < -0.39 is 12.6 Å². The summed E-state index contributed by atoms with van der Waals surface area (Å²) in [5.74, 6) is -0.879. The molecule has 1 aliphatic heterocycles. The molecule has 7 nitrogen and oxygen atoms in total. The maximum atomic E-state index is 12.5. The molecule has 7 heteroatoms. The Morgan fingerprint density at radius 3 is 2.61 bits per heavy atom. The quantitative estimate of drug-likeness (QED) is 0.730. The number of ether oxygens (including phenoxy) is 1. The number of aliphatic carboxylic acids is 1. The number of nitrogens with one attached hydrogen (secondary N) is 1. The van der Waals surface area contributed by atoms with Gasteiger partial charge in [-0.3, -0.25) is 9.59 Å². The molecular formula is C21H22N2O5. The Balaban J connectivity index is 1.62. The zero-order valence-corrected chi connectivity index (χ0v) is 15.4. The minimum Gasteiger partial charge on any atom is -0.482 e. The molecule has 0 radical (unpaired) electrons. The number of carbonyl (C=O) groups excluding carboxylic acids is 2. The first-order valence-electron chi connectivity index (χ1n) is 9.10. The van der Waals surface area contributed by atoms with Crippen LogP contribution in [0.3, 0.4) is 0 Å². The third-order valence-electron chi connectivity index (χ3n) is 4.55. The standard InChI is InChI=1S/C21H22N2O5/c24-19-9-4-10-23(19)13-17-6-2-1-5-16(17)12-22-21(27)15-7-3-8-18(11-15)28-14-20(25)26/h1-3,5-8,11H,4,9-10,12-14H2,(H,22,27)(H,25,26). The van der Waals surface area contributed by atoms with Crippen LogP contribution in [0.15, 0.2) is 48.5 Å². The first-order valence-corrected chi connectivity index (χ1v) is 9.10. The predicted octanol–water partition coefficient (Wildman–Crippen LogP) is 2.20. The second kappa shape index (κ2) is 9.03. The van der Waals surface area contributed by atoms with Crippen LogP contribution in [0.5, 0.6) is 5.75 Å². The van der Waals surface area contributed by atoms with Crippen molar-refractivity contribution < 1.29 is 24.2 Å². The first-order chi connectivity index (χ1) is 13.5. The van der Waals surface area contributed by atoms with Crippen LogP contribution in [0.4, 0.5) is 0 Å². The third kappa shape index (κ3) is 5.09. The summed E-state index contributed by atoms with van der Waals surface area (Å²) < 4.78 is 5.11. The molecule has 0 aliphatic carbocycles. The molecule has 0 unspecified atom stereocenters. The second-order valence-electron chi connectivity index (χ2n) is 6.58. The highest BCUT2D eigenvalue weighted by Crippen LogP contribution is 2.18. The highest BCUT2D eigenvalue weighted by Gasteiger charge is 2.21. The average molecular weight is 382 g/mol. The number of nitrogens with zero attached hydrogens (tertiary/aromatic N) is 1. The van der Waals surface area contributed by atoms with Gasteiger partial charge < -0.3 is 20.1 Å². The van der Waals surface area contributed by atoms with Crippen molar-refractivity contribution in [1.29, 1.82) is 0 Å². The van der Waals surface area contributed by atoms with Crippen LogP contribution in [-0.4, -0.2) is 40.9 Å². The predicted molar refractivity (Wildman–Crippen MR) is 102 cm³/mol. The van der Waals surface area contributed by atoms with Gasteiger partial charge in [-0.2, -0.15) is 0 Å². The van der Waals surface area contributed by atoms with Gasteiger partial charge in [0.2, 0.25) is 5.91 Å². The van der Waals surface area contributed by atoms with Crippen molar-refractivity contribution in [1.82, 2.24) is 10.2 Å². The Labute approximate surface area is 162 Å². The molecule has 0 saturated carbocycles. The molecule has 0 bridgehead atoms. The lowest BCUT2D eigenvalue weighted by Gasteiger charge is -2.18. The van der Waals surface area contributed by atoms with Crippen molar-refractivity contribution >= 4 is 17.8 Å². The van der Waals surface area contributed by atoms with Crippen molar-refractivity contribution in [2.45, 2.75) is 25.9 Å². The zero-order chi connectivity index (χ0) is 19.9. The van der Waals surface area contributed by atoms with E-state index in [4.69, 9.17) is 9.84 Å². The molecule has 146 valence electrons. The van der Waals surface area contributed by atoms with Crippen molar-refractivity contribution in [3.8, 4) is 5.75 Å². The summed E-state index contributed by atoms with van der Waals surface area (Å²) in [5.41, 5.74) is 2.35. The number of rotatable bonds is 8. The molecule has 0 spiro atoms. The lowest BCUT2D eigenvalue weighted by Crippen LogP contribution is -2.26. The Kier molecular flexibility index (Phi) is 6.26. The van der Waals surface area contributed by atoms with Gasteiger partial charge in [-0.05, 0) is 35.7 Å². The zero-order valence-electron chi connectivity index (χ0n) is 15.4. The largest absolute Gasteiger partial charge is 0.482 e. The van der Waals surface area contributed by atoms with E-state index in [-0.39, 0.29) is 11.8 Å². The smallest absolute Gasteiger partial charge is 0.341 e. The Morgan fingerprint density at radius 1 is 1.11 bits per heavy atom. The van der Waals surface area contributed by atoms with Crippen molar-refractivity contribution in [3.63, 3.8) is 0 Å². The topological polar surface area (TPSA) is 95.9 Å². The van der Waals surface area contributed by atoms with Gasteiger partial charge in [-0.1, -0.05) is 30.3 Å². The summed E-state index contributed by atoms with van der Waals surface area (Å²) in [7, 11) is 0. The second-order valence-corrected chi connectivity index (χ2v) is 6.58. The van der Waals surface area contributed by atoms with Crippen LogP contribution in [0, 0.1) is 0 Å². The lowest BCUT2D eigenvalue weighted by atomic mass is 10.1. The highest BCUT2D eigenvalue weighted by molar-refractivity contribution is 5.94. The number of hydrogen-bond acceptors (Lipinski definition) is 4. The van der Waals surface area contributed by atoms with E-state index in [1.54, 1.807) is 18.2 Å². The summed E-state index contributed by atoms with van der Waals surface area (Å²) in [5, 5.41) is 11.5. The van der Waals surface area contributed by atoms with E-state index in [0.29, 0.717) is 30.8 Å². The number of carboxylic acid groups (broad SMARTS) is 1. The number of carboxylic acids is 1. The molecule has 3 rings (SSSR count). The van der Waals surface area contributed by atoms with Gasteiger partial charge >= 0.3 is 5.97 Å². The summed E-state index contributed by atoms with van der Waals surface area (Å²) in [6, 6.07) is 14.1.